The van der Waals surface area contributed by atoms with E-state index in [0.29, 0.717) is 0 Å². The molecule has 3 N–H and O–H groups in total. The number of amides is 1. The molecule has 70 valence electrons. The molecule has 3 nitrogen and oxygen atoms in total. The summed E-state index contributed by atoms with van der Waals surface area (Å²) in [5.41, 5.74) is 6.75. The van der Waals surface area contributed by atoms with Crippen molar-refractivity contribution in [3.8, 4) is 0 Å². The molecular weight excluding hydrogens is 166 g/mol. The molecule has 0 fully saturated rings. The monoisotopic (exact) mass is 179 g/mol. The second-order valence-electron chi connectivity index (χ2n) is 3.06. The lowest BCUT2D eigenvalue weighted by molar-refractivity contribution is -0.117. The first-order chi connectivity index (χ1) is 6.09. The summed E-state index contributed by atoms with van der Waals surface area (Å²) < 4.78 is 0. The molecule has 1 rings (SSSR count). The number of hydrogen-bond donors (Lipinski definition) is 2. The summed E-state index contributed by atoms with van der Waals surface area (Å²) in [4.78, 5) is 10.6. The molecule has 0 spiro atoms. The van der Waals surface area contributed by atoms with Gasteiger partial charge in [-0.2, -0.15) is 0 Å². The third-order valence-corrected chi connectivity index (χ3v) is 1.84. The van der Waals surface area contributed by atoms with Crippen molar-refractivity contribution in [1.29, 1.82) is 0 Å². The van der Waals surface area contributed by atoms with Gasteiger partial charge < -0.3 is 10.8 Å². The number of rotatable bonds is 3. The summed E-state index contributed by atoms with van der Waals surface area (Å²) in [6.45, 7) is 1.70. The third-order valence-electron chi connectivity index (χ3n) is 1.84. The first kappa shape index (κ1) is 9.74. The van der Waals surface area contributed by atoms with Gasteiger partial charge in [-0.3, -0.25) is 4.79 Å². The molecule has 0 aliphatic rings. The maximum Gasteiger partial charge on any atom is 0.221 e. The number of aliphatic hydroxyl groups is 1. The number of hydrogen-bond acceptors (Lipinski definition) is 2. The fourth-order valence-electron chi connectivity index (χ4n) is 1.12. The standard InChI is InChI=1S/C10H13NO2/c1-7(12)9-4-2-8(3-5-9)6-10(11)13/h2-5,7,12H,6H2,1H3,(H2,11,13). The zero-order valence-electron chi connectivity index (χ0n) is 7.53. The second-order valence-corrected chi connectivity index (χ2v) is 3.06. The smallest absolute Gasteiger partial charge is 0.221 e. The lowest BCUT2D eigenvalue weighted by Crippen LogP contribution is -2.13. The summed E-state index contributed by atoms with van der Waals surface area (Å²) >= 11 is 0. The van der Waals surface area contributed by atoms with Crippen molar-refractivity contribution < 1.29 is 9.90 Å². The maximum absolute atomic E-state index is 10.6. The summed E-state index contributed by atoms with van der Waals surface area (Å²) in [5.74, 6) is -0.343. The van der Waals surface area contributed by atoms with Crippen molar-refractivity contribution >= 4 is 5.91 Å². The number of nitrogens with two attached hydrogens (primary N) is 1. The minimum atomic E-state index is -0.470. The van der Waals surface area contributed by atoms with E-state index in [1.165, 1.54) is 0 Å². The molecule has 0 aromatic heterocycles. The van der Waals surface area contributed by atoms with Gasteiger partial charge in [0.25, 0.3) is 0 Å². The van der Waals surface area contributed by atoms with Crippen LogP contribution in [0.25, 0.3) is 0 Å². The van der Waals surface area contributed by atoms with Gasteiger partial charge in [-0.1, -0.05) is 24.3 Å². The van der Waals surface area contributed by atoms with Gasteiger partial charge in [-0.25, -0.2) is 0 Å². The van der Waals surface area contributed by atoms with Crippen molar-refractivity contribution in [2.45, 2.75) is 19.4 Å². The van der Waals surface area contributed by atoms with Crippen LogP contribution in [0.2, 0.25) is 0 Å². The minimum absolute atomic E-state index is 0.250. The number of primary amides is 1. The Balaban J connectivity index is 2.75. The summed E-state index contributed by atoms with van der Waals surface area (Å²) in [6.07, 6.45) is -0.220. The van der Waals surface area contributed by atoms with Crippen molar-refractivity contribution in [2.24, 2.45) is 5.73 Å². The van der Waals surface area contributed by atoms with E-state index >= 15 is 0 Å². The first-order valence-corrected chi connectivity index (χ1v) is 4.15. The van der Waals surface area contributed by atoms with E-state index in [9.17, 15) is 9.90 Å². The van der Waals surface area contributed by atoms with Crippen LogP contribution in [0.4, 0.5) is 0 Å². The Kier molecular flexibility index (Phi) is 3.03. The Morgan fingerprint density at radius 2 is 2.00 bits per heavy atom. The Labute approximate surface area is 77.2 Å². The third kappa shape index (κ3) is 2.87. The highest BCUT2D eigenvalue weighted by Gasteiger charge is 2.01. The molecule has 0 bridgehead atoms. The Bertz CT molecular complexity index is 290. The largest absolute Gasteiger partial charge is 0.389 e. The summed E-state index contributed by atoms with van der Waals surface area (Å²) in [6, 6.07) is 7.19. The van der Waals surface area contributed by atoms with Crippen LogP contribution in [0.15, 0.2) is 24.3 Å². The average molecular weight is 179 g/mol. The summed E-state index contributed by atoms with van der Waals surface area (Å²) in [7, 11) is 0. The molecule has 1 amide bonds. The van der Waals surface area contributed by atoms with Crippen LogP contribution in [0.3, 0.4) is 0 Å². The van der Waals surface area contributed by atoms with Gasteiger partial charge in [-0.05, 0) is 18.1 Å². The van der Waals surface area contributed by atoms with Crippen molar-refractivity contribution in [2.75, 3.05) is 0 Å². The lowest BCUT2D eigenvalue weighted by Gasteiger charge is -2.04. The molecule has 3 heteroatoms. The lowest BCUT2D eigenvalue weighted by atomic mass is 10.1. The highest BCUT2D eigenvalue weighted by Crippen LogP contribution is 2.12. The van der Waals surface area contributed by atoms with Crippen molar-refractivity contribution in [3.63, 3.8) is 0 Å². The van der Waals surface area contributed by atoms with Gasteiger partial charge in [0.2, 0.25) is 5.91 Å². The number of benzene rings is 1. The molecule has 0 aliphatic carbocycles. The number of carbonyl (C=O) groups is 1. The predicted octanol–water partition coefficient (Wildman–Crippen LogP) is 0.768. The Morgan fingerprint density at radius 1 is 1.46 bits per heavy atom. The molecule has 1 aromatic rings. The van der Waals surface area contributed by atoms with Crippen LogP contribution < -0.4 is 5.73 Å². The van der Waals surface area contributed by atoms with Crippen LogP contribution in [0.5, 0.6) is 0 Å². The van der Waals surface area contributed by atoms with Crippen molar-refractivity contribution in [3.05, 3.63) is 35.4 Å². The highest BCUT2D eigenvalue weighted by molar-refractivity contribution is 5.76. The van der Waals surface area contributed by atoms with E-state index in [4.69, 9.17) is 5.73 Å². The van der Waals surface area contributed by atoms with Gasteiger partial charge >= 0.3 is 0 Å². The SMILES string of the molecule is CC(O)c1ccc(CC(N)=O)cc1. The zero-order valence-corrected chi connectivity index (χ0v) is 7.53. The predicted molar refractivity (Wildman–Crippen MR) is 50.0 cm³/mol. The van der Waals surface area contributed by atoms with Gasteiger partial charge in [0.05, 0.1) is 12.5 Å². The van der Waals surface area contributed by atoms with Gasteiger partial charge in [0.15, 0.2) is 0 Å². The van der Waals surface area contributed by atoms with E-state index in [-0.39, 0.29) is 12.3 Å². The molecule has 0 aliphatic heterocycles. The van der Waals surface area contributed by atoms with E-state index in [0.717, 1.165) is 11.1 Å². The Morgan fingerprint density at radius 3 is 2.38 bits per heavy atom. The molecule has 0 saturated carbocycles. The molecular formula is C10H13NO2. The first-order valence-electron chi connectivity index (χ1n) is 4.15. The normalized spacial score (nSPS) is 12.5. The molecule has 0 radical (unpaired) electrons. The topological polar surface area (TPSA) is 63.3 Å². The molecule has 0 saturated heterocycles. The number of aliphatic hydroxyl groups excluding tert-OH is 1. The zero-order chi connectivity index (χ0) is 9.84. The van der Waals surface area contributed by atoms with E-state index < -0.39 is 6.10 Å². The highest BCUT2D eigenvalue weighted by atomic mass is 16.3. The van der Waals surface area contributed by atoms with Crippen LogP contribution in [0.1, 0.15) is 24.2 Å². The molecule has 1 unspecified atom stereocenters. The molecule has 13 heavy (non-hydrogen) atoms. The molecule has 1 atom stereocenters. The maximum atomic E-state index is 10.6. The van der Waals surface area contributed by atoms with Crippen LogP contribution in [-0.4, -0.2) is 11.0 Å². The van der Waals surface area contributed by atoms with E-state index in [1.54, 1.807) is 31.2 Å². The summed E-state index contributed by atoms with van der Waals surface area (Å²) in [5, 5.41) is 9.20. The fourth-order valence-corrected chi connectivity index (χ4v) is 1.12. The van der Waals surface area contributed by atoms with Crippen LogP contribution in [-0.2, 0) is 11.2 Å². The average Bonchev–Trinajstić information content (AvgIpc) is 2.04. The quantitative estimate of drug-likeness (QED) is 0.719. The molecule has 0 heterocycles. The van der Waals surface area contributed by atoms with Gasteiger partial charge in [0.1, 0.15) is 0 Å². The van der Waals surface area contributed by atoms with E-state index in [2.05, 4.69) is 0 Å². The second kappa shape index (κ2) is 4.05. The number of carbonyl (C=O) groups excluding carboxylic acids is 1. The van der Waals surface area contributed by atoms with Crippen LogP contribution >= 0.6 is 0 Å². The van der Waals surface area contributed by atoms with Crippen LogP contribution in [0, 0.1) is 0 Å². The molecule has 1 aromatic carbocycles. The van der Waals surface area contributed by atoms with Gasteiger partial charge in [0, 0.05) is 0 Å². The Hall–Kier alpha value is -1.35. The minimum Gasteiger partial charge on any atom is -0.389 e. The fraction of sp³-hybridized carbons (Fsp3) is 0.300. The van der Waals surface area contributed by atoms with Gasteiger partial charge in [-0.15, -0.1) is 0 Å². The van der Waals surface area contributed by atoms with E-state index in [1.807, 2.05) is 0 Å². The van der Waals surface area contributed by atoms with Crippen molar-refractivity contribution in [1.82, 2.24) is 0 Å².